The Bertz CT molecular complexity index is 438. The Kier molecular flexibility index (Phi) is 7.15. The summed E-state index contributed by atoms with van der Waals surface area (Å²) in [7, 11) is 0. The summed E-state index contributed by atoms with van der Waals surface area (Å²) in [6.45, 7) is 15.6. The highest BCUT2D eigenvalue weighted by atomic mass is 32.1. The summed E-state index contributed by atoms with van der Waals surface area (Å²) in [5.74, 6) is 0.909. The summed E-state index contributed by atoms with van der Waals surface area (Å²) in [5, 5.41) is 7.88. The summed E-state index contributed by atoms with van der Waals surface area (Å²) in [5.41, 5.74) is 1.48. The highest BCUT2D eigenvalue weighted by Gasteiger charge is 2.09. The van der Waals surface area contributed by atoms with Crippen LogP contribution in [0.4, 0.5) is 0 Å². The van der Waals surface area contributed by atoms with Gasteiger partial charge in [-0.1, -0.05) is 20.8 Å². The number of hydrogen-bond donors (Lipinski definition) is 2. The van der Waals surface area contributed by atoms with Crippen LogP contribution in [-0.4, -0.2) is 30.6 Å². The first-order valence-electron chi connectivity index (χ1n) is 7.77. The lowest BCUT2D eigenvalue weighted by Crippen LogP contribution is -2.38. The topological polar surface area (TPSA) is 49.3 Å². The van der Waals surface area contributed by atoms with Gasteiger partial charge in [-0.3, -0.25) is 4.99 Å². The van der Waals surface area contributed by atoms with Crippen LogP contribution in [0.1, 0.15) is 49.7 Å². The first-order valence-corrected chi connectivity index (χ1v) is 8.58. The van der Waals surface area contributed by atoms with Gasteiger partial charge in [0.15, 0.2) is 5.96 Å². The second-order valence-corrected chi connectivity index (χ2v) is 7.79. The molecular weight excluding hydrogens is 280 g/mol. The lowest BCUT2D eigenvalue weighted by Gasteiger charge is -2.17. The van der Waals surface area contributed by atoms with Gasteiger partial charge in [0.2, 0.25) is 0 Å². The third-order valence-corrected chi connectivity index (χ3v) is 4.31. The van der Waals surface area contributed by atoms with E-state index in [1.807, 2.05) is 0 Å². The van der Waals surface area contributed by atoms with E-state index in [2.05, 4.69) is 62.2 Å². The number of guanidine groups is 1. The Labute approximate surface area is 133 Å². The van der Waals surface area contributed by atoms with Crippen molar-refractivity contribution < 1.29 is 0 Å². The van der Waals surface area contributed by atoms with Crippen LogP contribution >= 0.6 is 11.3 Å². The number of hydrogen-bond acceptors (Lipinski definition) is 3. The largest absolute Gasteiger partial charge is 0.357 e. The number of aliphatic imine (C=N–C) groups is 1. The van der Waals surface area contributed by atoms with E-state index in [-0.39, 0.29) is 0 Å². The van der Waals surface area contributed by atoms with Crippen LogP contribution in [0.15, 0.2) is 4.99 Å². The highest BCUT2D eigenvalue weighted by molar-refractivity contribution is 7.11. The van der Waals surface area contributed by atoms with E-state index >= 15 is 0 Å². The Morgan fingerprint density at radius 2 is 1.95 bits per heavy atom. The van der Waals surface area contributed by atoms with Gasteiger partial charge < -0.3 is 10.6 Å². The van der Waals surface area contributed by atoms with E-state index in [0.717, 1.165) is 44.1 Å². The fraction of sp³-hybridized carbons (Fsp3) is 0.750. The fourth-order valence-corrected chi connectivity index (χ4v) is 2.71. The number of aryl methyl sites for hydroxylation is 2. The van der Waals surface area contributed by atoms with Crippen molar-refractivity contribution in [3.8, 4) is 0 Å². The zero-order valence-corrected chi connectivity index (χ0v) is 15.2. The maximum Gasteiger partial charge on any atom is 0.191 e. The van der Waals surface area contributed by atoms with Crippen molar-refractivity contribution in [3.05, 3.63) is 15.6 Å². The fourth-order valence-electron chi connectivity index (χ4n) is 1.78. The molecule has 0 amide bonds. The summed E-state index contributed by atoms with van der Waals surface area (Å²) in [6.07, 6.45) is 2.04. The summed E-state index contributed by atoms with van der Waals surface area (Å²) in [4.78, 5) is 10.5. The molecule has 120 valence electrons. The third kappa shape index (κ3) is 7.46. The van der Waals surface area contributed by atoms with Gasteiger partial charge in [0.1, 0.15) is 0 Å². The Morgan fingerprint density at radius 1 is 1.24 bits per heavy atom. The van der Waals surface area contributed by atoms with E-state index in [9.17, 15) is 0 Å². The molecule has 0 spiro atoms. The molecule has 0 radical (unpaired) electrons. The SMILES string of the molecule is CCNC(=NCCC(C)(C)C)NCCc1nc(C)c(C)s1. The minimum absolute atomic E-state index is 0.330. The molecule has 0 aliphatic carbocycles. The van der Waals surface area contributed by atoms with E-state index in [1.165, 1.54) is 9.88 Å². The van der Waals surface area contributed by atoms with Crippen LogP contribution in [0.5, 0.6) is 0 Å². The molecule has 1 aromatic rings. The van der Waals surface area contributed by atoms with Gasteiger partial charge in [0, 0.05) is 30.9 Å². The van der Waals surface area contributed by atoms with Crippen molar-refractivity contribution in [1.29, 1.82) is 0 Å². The molecule has 0 saturated heterocycles. The van der Waals surface area contributed by atoms with Crippen molar-refractivity contribution in [2.45, 2.75) is 54.4 Å². The maximum atomic E-state index is 4.63. The highest BCUT2D eigenvalue weighted by Crippen LogP contribution is 2.18. The van der Waals surface area contributed by atoms with Crippen LogP contribution < -0.4 is 10.6 Å². The number of aromatic nitrogens is 1. The normalized spacial score (nSPS) is 12.6. The van der Waals surface area contributed by atoms with E-state index in [1.54, 1.807) is 11.3 Å². The third-order valence-electron chi connectivity index (χ3n) is 3.18. The number of nitrogens with one attached hydrogen (secondary N) is 2. The van der Waals surface area contributed by atoms with E-state index < -0.39 is 0 Å². The molecule has 5 heteroatoms. The monoisotopic (exact) mass is 310 g/mol. The lowest BCUT2D eigenvalue weighted by atomic mass is 9.93. The average molecular weight is 311 g/mol. The number of nitrogens with zero attached hydrogens (tertiary/aromatic N) is 2. The molecule has 2 N–H and O–H groups in total. The lowest BCUT2D eigenvalue weighted by molar-refractivity contribution is 0.385. The Hall–Kier alpha value is -1.10. The molecule has 21 heavy (non-hydrogen) atoms. The van der Waals surface area contributed by atoms with Gasteiger partial charge in [-0.05, 0) is 32.6 Å². The van der Waals surface area contributed by atoms with Gasteiger partial charge in [0.25, 0.3) is 0 Å². The van der Waals surface area contributed by atoms with Gasteiger partial charge >= 0.3 is 0 Å². The van der Waals surface area contributed by atoms with E-state index in [0.29, 0.717) is 5.41 Å². The molecule has 1 aromatic heterocycles. The molecule has 0 aromatic carbocycles. The van der Waals surface area contributed by atoms with Crippen LogP contribution in [0.2, 0.25) is 0 Å². The van der Waals surface area contributed by atoms with Gasteiger partial charge in [-0.25, -0.2) is 4.98 Å². The molecule has 0 atom stereocenters. The molecule has 1 heterocycles. The van der Waals surface area contributed by atoms with Gasteiger partial charge in [0.05, 0.1) is 10.7 Å². The van der Waals surface area contributed by atoms with Gasteiger partial charge in [-0.2, -0.15) is 0 Å². The standard InChI is InChI=1S/C16H30N4S/c1-7-17-15(19-11-9-16(4,5)6)18-10-8-14-20-12(2)13(3)21-14/h7-11H2,1-6H3,(H2,17,18,19). The van der Waals surface area contributed by atoms with Gasteiger partial charge in [-0.15, -0.1) is 11.3 Å². The Balaban J connectivity index is 2.41. The minimum Gasteiger partial charge on any atom is -0.357 e. The quantitative estimate of drug-likeness (QED) is 0.626. The summed E-state index contributed by atoms with van der Waals surface area (Å²) in [6, 6.07) is 0. The first-order chi connectivity index (χ1) is 9.81. The van der Waals surface area contributed by atoms with Crippen molar-refractivity contribution in [2.24, 2.45) is 10.4 Å². The number of thiazole rings is 1. The number of rotatable bonds is 6. The summed E-state index contributed by atoms with van der Waals surface area (Å²) >= 11 is 1.79. The molecule has 1 rings (SSSR count). The molecule has 0 bridgehead atoms. The average Bonchev–Trinajstić information content (AvgIpc) is 2.67. The Morgan fingerprint density at radius 3 is 2.48 bits per heavy atom. The zero-order chi connectivity index (χ0) is 15.9. The van der Waals surface area contributed by atoms with E-state index in [4.69, 9.17) is 0 Å². The molecule has 0 aliphatic heterocycles. The molecule has 0 aliphatic rings. The molecule has 4 nitrogen and oxygen atoms in total. The summed E-state index contributed by atoms with van der Waals surface area (Å²) < 4.78 is 0. The zero-order valence-electron chi connectivity index (χ0n) is 14.3. The second-order valence-electron chi connectivity index (χ2n) is 6.50. The van der Waals surface area contributed by atoms with Crippen LogP contribution in [0.25, 0.3) is 0 Å². The van der Waals surface area contributed by atoms with Crippen molar-refractivity contribution in [1.82, 2.24) is 15.6 Å². The minimum atomic E-state index is 0.330. The van der Waals surface area contributed by atoms with Crippen LogP contribution in [0, 0.1) is 19.3 Å². The molecular formula is C16H30N4S. The van der Waals surface area contributed by atoms with Crippen LogP contribution in [0.3, 0.4) is 0 Å². The predicted octanol–water partition coefficient (Wildman–Crippen LogP) is 3.29. The predicted molar refractivity (Wildman–Crippen MR) is 93.3 cm³/mol. The molecule has 0 saturated carbocycles. The first kappa shape index (κ1) is 18.0. The van der Waals surface area contributed by atoms with Crippen molar-refractivity contribution >= 4 is 17.3 Å². The van der Waals surface area contributed by atoms with Crippen LogP contribution in [-0.2, 0) is 6.42 Å². The second kappa shape index (κ2) is 8.37. The van der Waals surface area contributed by atoms with Crippen molar-refractivity contribution in [3.63, 3.8) is 0 Å². The molecule has 0 unspecified atom stereocenters. The molecule has 0 fully saturated rings. The smallest absolute Gasteiger partial charge is 0.191 e. The van der Waals surface area contributed by atoms with Crippen molar-refractivity contribution in [2.75, 3.05) is 19.6 Å². The maximum absolute atomic E-state index is 4.63.